The lowest BCUT2D eigenvalue weighted by molar-refractivity contribution is -0.142. The van der Waals surface area contributed by atoms with Crippen LogP contribution in [0.3, 0.4) is 0 Å². The molecule has 230 valence electrons. The van der Waals surface area contributed by atoms with E-state index in [4.69, 9.17) is 9.47 Å². The molecule has 0 aliphatic carbocycles. The van der Waals surface area contributed by atoms with E-state index in [1.165, 1.54) is 18.6 Å². The van der Waals surface area contributed by atoms with Crippen LogP contribution in [0.4, 0.5) is 4.79 Å². The number of rotatable bonds is 19. The maximum absolute atomic E-state index is 12.1. The van der Waals surface area contributed by atoms with Crippen molar-refractivity contribution >= 4 is 17.9 Å². The van der Waals surface area contributed by atoms with Crippen LogP contribution in [0.1, 0.15) is 80.7 Å². The van der Waals surface area contributed by atoms with Crippen molar-refractivity contribution in [2.45, 2.75) is 83.5 Å². The third-order valence-electron chi connectivity index (χ3n) is 7.32. The van der Waals surface area contributed by atoms with Gasteiger partial charge in [0.05, 0.1) is 6.10 Å². The Labute approximate surface area is 248 Å². The summed E-state index contributed by atoms with van der Waals surface area (Å²) in [6.45, 7) is 5.73. The molecule has 3 amide bonds. The predicted octanol–water partition coefficient (Wildman–Crippen LogP) is 3.82. The second-order valence-electron chi connectivity index (χ2n) is 11.1. The number of amides is 3. The summed E-state index contributed by atoms with van der Waals surface area (Å²) >= 11 is 0. The Bertz CT molecular complexity index is 1190. The molecule has 10 heteroatoms. The van der Waals surface area contributed by atoms with Gasteiger partial charge < -0.3 is 30.3 Å². The summed E-state index contributed by atoms with van der Waals surface area (Å²) in [6, 6.07) is 12.6. The van der Waals surface area contributed by atoms with Crippen LogP contribution in [0.5, 0.6) is 5.75 Å². The normalized spacial score (nSPS) is 17.1. The molecule has 0 bridgehead atoms. The number of hydrogen-bond donors (Lipinski definition) is 5. The van der Waals surface area contributed by atoms with Crippen molar-refractivity contribution in [1.82, 2.24) is 16.0 Å². The van der Waals surface area contributed by atoms with Gasteiger partial charge in [-0.3, -0.25) is 14.9 Å². The van der Waals surface area contributed by atoms with Crippen molar-refractivity contribution in [3.8, 4) is 5.75 Å². The van der Waals surface area contributed by atoms with Crippen molar-refractivity contribution < 1.29 is 34.1 Å². The molecule has 42 heavy (non-hydrogen) atoms. The molecule has 0 unspecified atom stereocenters. The van der Waals surface area contributed by atoms with Crippen LogP contribution in [0.15, 0.2) is 42.5 Å². The summed E-state index contributed by atoms with van der Waals surface area (Å²) in [6.07, 6.45) is 6.89. The zero-order chi connectivity index (χ0) is 30.4. The number of carbonyl (C=O) groups excluding carboxylic acids is 3. The van der Waals surface area contributed by atoms with Gasteiger partial charge in [0.2, 0.25) is 0 Å². The second kappa shape index (κ2) is 16.8. The summed E-state index contributed by atoms with van der Waals surface area (Å²) in [5.41, 5.74) is 2.47. The van der Waals surface area contributed by atoms with Gasteiger partial charge in [-0.1, -0.05) is 43.2 Å². The molecule has 1 aliphatic rings. The maximum atomic E-state index is 12.1. The molecule has 2 aromatic carbocycles. The minimum absolute atomic E-state index is 0.0279. The number of ether oxygens (including phenoxy) is 2. The highest BCUT2D eigenvalue weighted by atomic mass is 16.5. The molecule has 1 fully saturated rings. The number of aliphatic hydroxyl groups excluding tert-OH is 1. The molecule has 2 aromatic rings. The van der Waals surface area contributed by atoms with Crippen LogP contribution in [-0.2, 0) is 38.5 Å². The minimum Gasteiger partial charge on any atom is -0.508 e. The van der Waals surface area contributed by atoms with Crippen LogP contribution < -0.4 is 16.0 Å². The number of unbranched alkanes of at least 4 members (excludes halogenated alkanes) is 4. The Kier molecular flexibility index (Phi) is 13.2. The molecular formula is C32H45N3O7. The quantitative estimate of drug-likeness (QED) is 0.0953. The molecule has 5 N–H and O–H groups in total. The fourth-order valence-electron chi connectivity index (χ4n) is 4.91. The fraction of sp³-hybridized carbons (Fsp3) is 0.531. The van der Waals surface area contributed by atoms with E-state index < -0.39 is 23.6 Å². The number of urea groups is 1. The zero-order valence-electron chi connectivity index (χ0n) is 24.7. The molecule has 10 nitrogen and oxygen atoms in total. The highest BCUT2D eigenvalue weighted by Gasteiger charge is 2.41. The Morgan fingerprint density at radius 2 is 1.74 bits per heavy atom. The van der Waals surface area contributed by atoms with E-state index in [2.05, 4.69) is 28.1 Å². The van der Waals surface area contributed by atoms with Gasteiger partial charge in [-0.25, -0.2) is 4.79 Å². The Morgan fingerprint density at radius 1 is 1.00 bits per heavy atom. The number of phenols is 1. The van der Waals surface area contributed by atoms with E-state index >= 15 is 0 Å². The number of imide groups is 1. The van der Waals surface area contributed by atoms with Crippen molar-refractivity contribution in [3.05, 3.63) is 64.7 Å². The standard InChI is InChI=1S/C32H45N3O7/c1-23(36)42-22-27-19-26(13-14-28(27)37)29(38)21-33-15-6-3-4-7-16-41-17-8-5-10-24-11-9-12-25(18-24)20-32(2)30(39)34-31(40)35-32/h9,11-14,18-19,29,33,37-38H,3-8,10,15-17,20-22H2,1-2H3,(H2,34,35,39,40)/t29-,32+/m0/s1. The number of esters is 1. The summed E-state index contributed by atoms with van der Waals surface area (Å²) < 4.78 is 10.7. The van der Waals surface area contributed by atoms with Crippen molar-refractivity contribution in [1.29, 1.82) is 0 Å². The van der Waals surface area contributed by atoms with Crippen LogP contribution in [-0.4, -0.2) is 60.0 Å². The maximum Gasteiger partial charge on any atom is 0.322 e. The number of hydrogen-bond acceptors (Lipinski definition) is 8. The lowest BCUT2D eigenvalue weighted by Gasteiger charge is -2.20. The van der Waals surface area contributed by atoms with E-state index in [-0.39, 0.29) is 18.3 Å². The van der Waals surface area contributed by atoms with Gasteiger partial charge in [0, 0.05) is 38.7 Å². The summed E-state index contributed by atoms with van der Waals surface area (Å²) in [7, 11) is 0. The Hall–Kier alpha value is -3.47. The van der Waals surface area contributed by atoms with Crippen molar-refractivity contribution in [2.24, 2.45) is 0 Å². The highest BCUT2D eigenvalue weighted by molar-refractivity contribution is 6.06. The number of nitrogens with one attached hydrogen (secondary N) is 3. The molecule has 3 rings (SSSR count). The van der Waals surface area contributed by atoms with Gasteiger partial charge in [0.1, 0.15) is 17.9 Å². The number of benzene rings is 2. The Morgan fingerprint density at radius 3 is 2.48 bits per heavy atom. The smallest absolute Gasteiger partial charge is 0.322 e. The van der Waals surface area contributed by atoms with Crippen molar-refractivity contribution in [3.63, 3.8) is 0 Å². The van der Waals surface area contributed by atoms with E-state index in [0.717, 1.165) is 70.3 Å². The van der Waals surface area contributed by atoms with Gasteiger partial charge in [-0.15, -0.1) is 0 Å². The van der Waals surface area contributed by atoms with E-state index in [0.29, 0.717) is 24.1 Å². The molecule has 2 atom stereocenters. The number of phenolic OH excluding ortho intramolecular Hbond substituents is 1. The van der Waals surface area contributed by atoms with E-state index in [1.54, 1.807) is 19.1 Å². The van der Waals surface area contributed by atoms with Crippen molar-refractivity contribution in [2.75, 3.05) is 26.3 Å². The first-order valence-corrected chi connectivity index (χ1v) is 14.8. The number of aliphatic hydroxyl groups is 1. The molecule has 1 heterocycles. The van der Waals surface area contributed by atoms with E-state index in [1.807, 2.05) is 12.1 Å². The highest BCUT2D eigenvalue weighted by Crippen LogP contribution is 2.23. The Balaban J connectivity index is 1.17. The SMILES string of the molecule is CC(=O)OCc1cc([C@@H](O)CNCCCCCCOCCCCc2cccc(C[C@@]3(C)NC(=O)NC3=O)c2)ccc1O. The van der Waals surface area contributed by atoms with Gasteiger partial charge >= 0.3 is 12.0 Å². The van der Waals surface area contributed by atoms with E-state index in [9.17, 15) is 24.6 Å². The molecule has 0 saturated carbocycles. The topological polar surface area (TPSA) is 146 Å². The molecule has 1 saturated heterocycles. The lowest BCUT2D eigenvalue weighted by Crippen LogP contribution is -2.45. The van der Waals surface area contributed by atoms with Gasteiger partial charge in [0.25, 0.3) is 5.91 Å². The summed E-state index contributed by atoms with van der Waals surface area (Å²) in [4.78, 5) is 34.6. The summed E-state index contributed by atoms with van der Waals surface area (Å²) in [5.74, 6) is -0.680. The van der Waals surface area contributed by atoms with Crippen LogP contribution >= 0.6 is 0 Å². The molecule has 0 spiro atoms. The third kappa shape index (κ3) is 11.1. The van der Waals surface area contributed by atoms with Gasteiger partial charge in [0.15, 0.2) is 0 Å². The van der Waals surface area contributed by atoms with Crippen LogP contribution in [0.25, 0.3) is 0 Å². The zero-order valence-corrected chi connectivity index (χ0v) is 24.7. The average Bonchev–Trinajstić information content (AvgIpc) is 3.20. The van der Waals surface area contributed by atoms with Gasteiger partial charge in [-0.2, -0.15) is 0 Å². The summed E-state index contributed by atoms with van der Waals surface area (Å²) in [5, 5.41) is 28.6. The molecule has 0 aromatic heterocycles. The second-order valence-corrected chi connectivity index (χ2v) is 11.1. The molecule has 1 aliphatic heterocycles. The predicted molar refractivity (Wildman–Crippen MR) is 159 cm³/mol. The fourth-order valence-corrected chi connectivity index (χ4v) is 4.91. The van der Waals surface area contributed by atoms with Crippen LogP contribution in [0, 0.1) is 0 Å². The monoisotopic (exact) mass is 583 g/mol. The number of aromatic hydroxyl groups is 1. The first-order valence-electron chi connectivity index (χ1n) is 14.8. The minimum atomic E-state index is -0.906. The largest absolute Gasteiger partial charge is 0.508 e. The number of carbonyl (C=O) groups is 3. The first-order chi connectivity index (χ1) is 20.2. The molecule has 0 radical (unpaired) electrons. The van der Waals surface area contributed by atoms with Crippen LogP contribution in [0.2, 0.25) is 0 Å². The lowest BCUT2D eigenvalue weighted by atomic mass is 9.92. The third-order valence-corrected chi connectivity index (χ3v) is 7.32. The molecular weight excluding hydrogens is 538 g/mol. The average molecular weight is 584 g/mol. The number of aryl methyl sites for hydroxylation is 1. The van der Waals surface area contributed by atoms with Gasteiger partial charge in [-0.05, 0) is 74.4 Å². The first kappa shape index (κ1) is 33.0.